The van der Waals surface area contributed by atoms with Crippen molar-refractivity contribution in [3.8, 4) is 0 Å². The fourth-order valence-corrected chi connectivity index (χ4v) is 3.05. The molecule has 0 aromatic heterocycles. The van der Waals surface area contributed by atoms with Crippen LogP contribution in [-0.2, 0) is 15.0 Å². The Morgan fingerprint density at radius 3 is 2.04 bits per heavy atom. The quantitative estimate of drug-likeness (QED) is 0.843. The number of amides is 2. The standard InChI is InChI=1S/C22H24N2O2/c1-5-24-20(25)18(15-9-7-6-8-10-15)19(21(24)26)23-17-13-11-16(12-14-17)22(2,3)4/h6-14,23H,5H2,1-4H3. The summed E-state index contributed by atoms with van der Waals surface area (Å²) in [4.78, 5) is 26.8. The molecule has 0 fully saturated rings. The third-order valence-electron chi connectivity index (χ3n) is 4.57. The molecule has 0 radical (unpaired) electrons. The summed E-state index contributed by atoms with van der Waals surface area (Å²) in [6.45, 7) is 8.62. The van der Waals surface area contributed by atoms with E-state index in [-0.39, 0.29) is 17.2 Å². The van der Waals surface area contributed by atoms with Crippen LogP contribution in [0.5, 0.6) is 0 Å². The predicted octanol–water partition coefficient (Wildman–Crippen LogP) is 4.20. The first-order valence-electron chi connectivity index (χ1n) is 8.86. The SMILES string of the molecule is CCN1C(=O)C(Nc2ccc(C(C)(C)C)cc2)=C(c2ccccc2)C1=O. The third kappa shape index (κ3) is 3.27. The molecule has 0 atom stereocenters. The zero-order valence-electron chi connectivity index (χ0n) is 15.7. The molecule has 1 heterocycles. The number of carbonyl (C=O) groups excluding carboxylic acids is 2. The lowest BCUT2D eigenvalue weighted by Gasteiger charge is -2.19. The maximum absolute atomic E-state index is 12.7. The van der Waals surface area contributed by atoms with Gasteiger partial charge in [-0.1, -0.05) is 63.2 Å². The molecule has 26 heavy (non-hydrogen) atoms. The number of hydrogen-bond donors (Lipinski definition) is 1. The Hall–Kier alpha value is -2.88. The molecule has 1 aliphatic rings. The van der Waals surface area contributed by atoms with Crippen LogP contribution in [0.1, 0.15) is 38.8 Å². The van der Waals surface area contributed by atoms with Crippen LogP contribution in [0.25, 0.3) is 5.57 Å². The van der Waals surface area contributed by atoms with Crippen molar-refractivity contribution in [3.05, 3.63) is 71.4 Å². The van der Waals surface area contributed by atoms with E-state index in [9.17, 15) is 9.59 Å². The van der Waals surface area contributed by atoms with Crippen molar-refractivity contribution in [2.24, 2.45) is 0 Å². The third-order valence-corrected chi connectivity index (χ3v) is 4.57. The number of anilines is 1. The van der Waals surface area contributed by atoms with Crippen molar-refractivity contribution >= 4 is 23.1 Å². The van der Waals surface area contributed by atoms with Crippen molar-refractivity contribution in [3.63, 3.8) is 0 Å². The topological polar surface area (TPSA) is 49.4 Å². The Kier molecular flexibility index (Phi) is 4.68. The molecule has 0 aliphatic carbocycles. The van der Waals surface area contributed by atoms with Gasteiger partial charge in [-0.3, -0.25) is 14.5 Å². The number of nitrogens with one attached hydrogen (secondary N) is 1. The summed E-state index contributed by atoms with van der Waals surface area (Å²) >= 11 is 0. The van der Waals surface area contributed by atoms with Crippen LogP contribution < -0.4 is 5.32 Å². The van der Waals surface area contributed by atoms with Crippen molar-refractivity contribution < 1.29 is 9.59 Å². The van der Waals surface area contributed by atoms with E-state index in [4.69, 9.17) is 0 Å². The number of carbonyl (C=O) groups is 2. The molecule has 0 unspecified atom stereocenters. The van der Waals surface area contributed by atoms with E-state index in [1.165, 1.54) is 10.5 Å². The second kappa shape index (κ2) is 6.79. The van der Waals surface area contributed by atoms with Gasteiger partial charge in [0.15, 0.2) is 0 Å². The van der Waals surface area contributed by atoms with Gasteiger partial charge < -0.3 is 5.32 Å². The highest BCUT2D eigenvalue weighted by Crippen LogP contribution is 2.31. The lowest BCUT2D eigenvalue weighted by molar-refractivity contribution is -0.136. The number of imide groups is 1. The first kappa shape index (κ1) is 17.9. The lowest BCUT2D eigenvalue weighted by atomic mass is 9.87. The minimum Gasteiger partial charge on any atom is -0.350 e. The van der Waals surface area contributed by atoms with Gasteiger partial charge in [0.05, 0.1) is 5.57 Å². The number of benzene rings is 2. The normalized spacial score (nSPS) is 15.0. The summed E-state index contributed by atoms with van der Waals surface area (Å²) in [7, 11) is 0. The molecule has 2 amide bonds. The van der Waals surface area contributed by atoms with Gasteiger partial charge in [0, 0.05) is 12.2 Å². The molecule has 2 aromatic carbocycles. The van der Waals surface area contributed by atoms with Gasteiger partial charge in [-0.2, -0.15) is 0 Å². The van der Waals surface area contributed by atoms with Crippen LogP contribution in [0.15, 0.2) is 60.3 Å². The van der Waals surface area contributed by atoms with E-state index in [1.54, 1.807) is 6.92 Å². The minimum atomic E-state index is -0.281. The minimum absolute atomic E-state index is 0.0607. The summed E-state index contributed by atoms with van der Waals surface area (Å²) in [5, 5.41) is 3.18. The summed E-state index contributed by atoms with van der Waals surface area (Å²) in [6.07, 6.45) is 0. The van der Waals surface area contributed by atoms with Gasteiger partial charge in [-0.15, -0.1) is 0 Å². The van der Waals surface area contributed by atoms with Gasteiger partial charge >= 0.3 is 0 Å². The highest BCUT2D eigenvalue weighted by Gasteiger charge is 2.38. The monoisotopic (exact) mass is 348 g/mol. The molecule has 3 rings (SSSR count). The highest BCUT2D eigenvalue weighted by atomic mass is 16.2. The molecule has 1 N–H and O–H groups in total. The molecule has 1 aliphatic heterocycles. The van der Waals surface area contributed by atoms with Gasteiger partial charge in [-0.05, 0) is 35.6 Å². The molecule has 0 saturated heterocycles. The number of likely N-dealkylation sites (N-methyl/N-ethyl adjacent to an activating group) is 1. The Morgan fingerprint density at radius 2 is 1.50 bits per heavy atom. The average Bonchev–Trinajstić information content (AvgIpc) is 2.85. The Morgan fingerprint density at radius 1 is 0.885 bits per heavy atom. The van der Waals surface area contributed by atoms with Crippen molar-refractivity contribution in [2.45, 2.75) is 33.1 Å². The lowest BCUT2D eigenvalue weighted by Crippen LogP contribution is -2.32. The van der Waals surface area contributed by atoms with E-state index in [0.29, 0.717) is 17.8 Å². The molecule has 0 bridgehead atoms. The molecular weight excluding hydrogens is 324 g/mol. The zero-order valence-corrected chi connectivity index (χ0v) is 15.7. The van der Waals surface area contributed by atoms with Crippen LogP contribution in [0.3, 0.4) is 0 Å². The largest absolute Gasteiger partial charge is 0.350 e. The molecule has 2 aromatic rings. The first-order chi connectivity index (χ1) is 12.3. The maximum atomic E-state index is 12.7. The van der Waals surface area contributed by atoms with Gasteiger partial charge in [-0.25, -0.2) is 0 Å². The molecule has 0 saturated carbocycles. The Balaban J connectivity index is 2.00. The van der Waals surface area contributed by atoms with E-state index in [0.717, 1.165) is 11.3 Å². The van der Waals surface area contributed by atoms with Crippen LogP contribution in [-0.4, -0.2) is 23.3 Å². The molecular formula is C22H24N2O2. The van der Waals surface area contributed by atoms with E-state index in [2.05, 4.69) is 26.1 Å². The molecule has 134 valence electrons. The predicted molar refractivity (Wildman–Crippen MR) is 105 cm³/mol. The molecule has 4 heteroatoms. The summed E-state index contributed by atoms with van der Waals surface area (Å²) in [6, 6.07) is 17.3. The van der Waals surface area contributed by atoms with Crippen molar-refractivity contribution in [1.82, 2.24) is 4.90 Å². The van der Waals surface area contributed by atoms with Crippen LogP contribution >= 0.6 is 0 Å². The zero-order chi connectivity index (χ0) is 18.9. The molecule has 4 nitrogen and oxygen atoms in total. The Bertz CT molecular complexity index is 859. The van der Waals surface area contributed by atoms with Gasteiger partial charge in [0.1, 0.15) is 5.70 Å². The highest BCUT2D eigenvalue weighted by molar-refractivity contribution is 6.36. The Labute approximate surface area is 154 Å². The summed E-state index contributed by atoms with van der Waals surface area (Å²) in [5.74, 6) is -0.534. The fraction of sp³-hybridized carbons (Fsp3) is 0.273. The van der Waals surface area contributed by atoms with E-state index >= 15 is 0 Å². The smallest absolute Gasteiger partial charge is 0.278 e. The van der Waals surface area contributed by atoms with Gasteiger partial charge in [0.2, 0.25) is 0 Å². The second-order valence-corrected chi connectivity index (χ2v) is 7.42. The molecule has 0 spiro atoms. The summed E-state index contributed by atoms with van der Waals surface area (Å²) < 4.78 is 0. The van der Waals surface area contributed by atoms with E-state index < -0.39 is 0 Å². The van der Waals surface area contributed by atoms with Crippen LogP contribution in [0.4, 0.5) is 5.69 Å². The first-order valence-corrected chi connectivity index (χ1v) is 8.86. The van der Waals surface area contributed by atoms with Crippen molar-refractivity contribution in [2.75, 3.05) is 11.9 Å². The second-order valence-electron chi connectivity index (χ2n) is 7.42. The van der Waals surface area contributed by atoms with Gasteiger partial charge in [0.25, 0.3) is 11.8 Å². The maximum Gasteiger partial charge on any atom is 0.278 e. The van der Waals surface area contributed by atoms with E-state index in [1.807, 2.05) is 54.6 Å². The number of rotatable bonds is 4. The fourth-order valence-electron chi connectivity index (χ4n) is 3.05. The van der Waals surface area contributed by atoms with Crippen LogP contribution in [0, 0.1) is 0 Å². The summed E-state index contributed by atoms with van der Waals surface area (Å²) in [5.41, 5.74) is 3.58. The number of nitrogens with zero attached hydrogens (tertiary/aromatic N) is 1. The van der Waals surface area contributed by atoms with Crippen molar-refractivity contribution in [1.29, 1.82) is 0 Å². The number of hydrogen-bond acceptors (Lipinski definition) is 3. The average molecular weight is 348 g/mol. The van der Waals surface area contributed by atoms with Crippen LogP contribution in [0.2, 0.25) is 0 Å².